The summed E-state index contributed by atoms with van der Waals surface area (Å²) in [4.78, 5) is 34.7. The number of thioether (sulfide) groups is 1. The molecule has 34 heavy (non-hydrogen) atoms. The topological polar surface area (TPSA) is 93.3 Å². The highest BCUT2D eigenvalue weighted by Gasteiger charge is 2.43. The van der Waals surface area contributed by atoms with Crippen molar-refractivity contribution in [1.29, 1.82) is 0 Å². The second kappa shape index (κ2) is 9.86. The number of nitrogens with zero attached hydrogens (tertiary/aromatic N) is 1. The van der Waals surface area contributed by atoms with Crippen LogP contribution in [-0.2, 0) is 4.79 Å². The summed E-state index contributed by atoms with van der Waals surface area (Å²) in [6.45, 7) is 6.35. The fraction of sp³-hybridized carbons (Fsp3) is 0.500. The number of hydrogen-bond acceptors (Lipinski definition) is 7. The van der Waals surface area contributed by atoms with Gasteiger partial charge in [-0.3, -0.25) is 9.59 Å². The van der Waals surface area contributed by atoms with Gasteiger partial charge in [0, 0.05) is 29.0 Å². The molecule has 2 heterocycles. The fourth-order valence-corrected chi connectivity index (χ4v) is 5.80. The number of methoxy groups -OCH3 is 2. The summed E-state index contributed by atoms with van der Waals surface area (Å²) in [5, 5.41) is 3.97. The van der Waals surface area contributed by atoms with E-state index in [1.165, 1.54) is 0 Å². The molecule has 2 aromatic rings. The van der Waals surface area contributed by atoms with Crippen LogP contribution < -0.4 is 20.3 Å². The number of fused-ring (bicyclic) bond motifs is 1. The number of carbonyl (C=O) groups is 1. The Kier molecular flexibility index (Phi) is 7.07. The minimum atomic E-state index is -0.588. The van der Waals surface area contributed by atoms with Crippen LogP contribution >= 0.6 is 11.8 Å². The minimum Gasteiger partial charge on any atom is -0.493 e. The lowest BCUT2D eigenvalue weighted by molar-refractivity contribution is -0.118. The maximum Gasteiger partial charge on any atom is 0.257 e. The van der Waals surface area contributed by atoms with Crippen LogP contribution in [0, 0.1) is 5.41 Å². The van der Waals surface area contributed by atoms with E-state index in [2.05, 4.69) is 31.1 Å². The first-order valence-corrected chi connectivity index (χ1v) is 12.8. The average molecular weight is 484 g/mol. The van der Waals surface area contributed by atoms with Crippen molar-refractivity contribution in [3.63, 3.8) is 0 Å². The number of benzene rings is 1. The van der Waals surface area contributed by atoms with E-state index in [1.807, 2.05) is 18.2 Å². The lowest BCUT2D eigenvalue weighted by atomic mass is 9.69. The van der Waals surface area contributed by atoms with Gasteiger partial charge in [-0.2, -0.15) is 0 Å². The number of aromatic nitrogens is 2. The van der Waals surface area contributed by atoms with E-state index < -0.39 is 5.92 Å². The lowest BCUT2D eigenvalue weighted by Gasteiger charge is -2.38. The summed E-state index contributed by atoms with van der Waals surface area (Å²) in [7, 11) is 3.15. The number of hydrogen-bond donors (Lipinski definition) is 2. The molecule has 2 aliphatic rings. The van der Waals surface area contributed by atoms with Crippen LogP contribution in [-0.4, -0.2) is 35.7 Å². The predicted octanol–water partition coefficient (Wildman–Crippen LogP) is 5.27. The fourth-order valence-electron chi connectivity index (χ4n) is 4.93. The number of para-hydroxylation sites is 1. The molecule has 2 N–H and O–H groups in total. The first-order chi connectivity index (χ1) is 16.3. The van der Waals surface area contributed by atoms with Crippen LogP contribution in [0.2, 0.25) is 0 Å². The van der Waals surface area contributed by atoms with Gasteiger partial charge < -0.3 is 19.8 Å². The van der Waals surface area contributed by atoms with E-state index in [-0.39, 0.29) is 16.8 Å². The number of ketones is 1. The third-order valence-corrected chi connectivity index (χ3v) is 7.39. The van der Waals surface area contributed by atoms with E-state index in [0.29, 0.717) is 46.5 Å². The molecule has 182 valence electrons. The van der Waals surface area contributed by atoms with E-state index in [0.717, 1.165) is 36.3 Å². The number of aromatic amines is 1. The first-order valence-electron chi connectivity index (χ1n) is 11.8. The third-order valence-electron chi connectivity index (χ3n) is 6.43. The van der Waals surface area contributed by atoms with Crippen LogP contribution in [0.25, 0.3) is 0 Å². The number of unbranched alkanes of at least 4 members (excludes halogenated alkanes) is 2. The molecule has 0 spiro atoms. The Balaban J connectivity index is 1.88. The SMILES string of the molecule is CCCCCSc1nc2c(c(=O)[nH]1)C(c1cccc(OC)c1OC)C1=C(CC(C)(C)CC1=O)N2. The zero-order valence-electron chi connectivity index (χ0n) is 20.5. The van der Waals surface area contributed by atoms with Gasteiger partial charge in [0.2, 0.25) is 0 Å². The summed E-state index contributed by atoms with van der Waals surface area (Å²) >= 11 is 1.55. The maximum atomic E-state index is 13.5. The Hall–Kier alpha value is -2.74. The van der Waals surface area contributed by atoms with Crippen LogP contribution in [0.4, 0.5) is 5.82 Å². The number of nitrogens with one attached hydrogen (secondary N) is 2. The van der Waals surface area contributed by atoms with Crippen molar-refractivity contribution in [2.75, 3.05) is 25.3 Å². The van der Waals surface area contributed by atoms with Crippen molar-refractivity contribution in [1.82, 2.24) is 9.97 Å². The van der Waals surface area contributed by atoms with Crippen molar-refractivity contribution in [3.8, 4) is 11.5 Å². The van der Waals surface area contributed by atoms with E-state index in [4.69, 9.17) is 14.5 Å². The highest BCUT2D eigenvalue weighted by Crippen LogP contribution is 2.50. The zero-order chi connectivity index (χ0) is 24.5. The summed E-state index contributed by atoms with van der Waals surface area (Å²) in [6, 6.07) is 5.56. The van der Waals surface area contributed by atoms with Crippen LogP contribution in [0.1, 0.15) is 69.9 Å². The number of H-pyrrole nitrogens is 1. The van der Waals surface area contributed by atoms with Crippen molar-refractivity contribution < 1.29 is 14.3 Å². The molecule has 1 aliphatic heterocycles. The monoisotopic (exact) mass is 483 g/mol. The Morgan fingerprint density at radius 1 is 1.15 bits per heavy atom. The van der Waals surface area contributed by atoms with Gasteiger partial charge in [-0.1, -0.05) is 57.5 Å². The normalized spacial score (nSPS) is 18.7. The molecule has 4 rings (SSSR count). The summed E-state index contributed by atoms with van der Waals surface area (Å²) < 4.78 is 11.2. The van der Waals surface area contributed by atoms with Crippen LogP contribution in [0.5, 0.6) is 11.5 Å². The Morgan fingerprint density at radius 3 is 2.65 bits per heavy atom. The molecule has 7 nitrogen and oxygen atoms in total. The highest BCUT2D eigenvalue weighted by molar-refractivity contribution is 7.99. The van der Waals surface area contributed by atoms with Crippen molar-refractivity contribution >= 4 is 23.4 Å². The second-order valence-corrected chi connectivity index (χ2v) is 10.7. The van der Waals surface area contributed by atoms with Gasteiger partial charge in [0.1, 0.15) is 5.82 Å². The van der Waals surface area contributed by atoms with Crippen LogP contribution in [0.3, 0.4) is 0 Å². The number of anilines is 1. The molecular weight excluding hydrogens is 450 g/mol. The van der Waals surface area contributed by atoms with Crippen molar-refractivity contribution in [2.45, 2.75) is 63.9 Å². The molecule has 1 aliphatic carbocycles. The molecule has 0 radical (unpaired) electrons. The van der Waals surface area contributed by atoms with Crippen molar-refractivity contribution in [2.24, 2.45) is 5.41 Å². The largest absolute Gasteiger partial charge is 0.493 e. The molecule has 8 heteroatoms. The minimum absolute atomic E-state index is 0.0386. The zero-order valence-corrected chi connectivity index (χ0v) is 21.4. The Bertz CT molecular complexity index is 1190. The van der Waals surface area contributed by atoms with Gasteiger partial charge >= 0.3 is 0 Å². The molecule has 1 aromatic carbocycles. The van der Waals surface area contributed by atoms with Gasteiger partial charge in [0.15, 0.2) is 22.4 Å². The molecule has 0 bridgehead atoms. The number of rotatable bonds is 8. The van der Waals surface area contributed by atoms with E-state index >= 15 is 0 Å². The molecular formula is C26H33N3O4S. The van der Waals surface area contributed by atoms with Gasteiger partial charge in [0.05, 0.1) is 25.7 Å². The van der Waals surface area contributed by atoms with Gasteiger partial charge in [0.25, 0.3) is 5.56 Å². The van der Waals surface area contributed by atoms with Crippen molar-refractivity contribution in [3.05, 3.63) is 50.9 Å². The number of Topliss-reactive ketones (excluding diaryl/α,β-unsaturated/α-hetero) is 1. The summed E-state index contributed by atoms with van der Waals surface area (Å²) in [5.41, 5.74) is 2.20. The Morgan fingerprint density at radius 2 is 1.94 bits per heavy atom. The van der Waals surface area contributed by atoms with E-state index in [9.17, 15) is 9.59 Å². The van der Waals surface area contributed by atoms with Crippen LogP contribution in [0.15, 0.2) is 39.4 Å². The van der Waals surface area contributed by atoms with Gasteiger partial charge in [-0.15, -0.1) is 0 Å². The molecule has 0 saturated carbocycles. The molecule has 1 aromatic heterocycles. The highest BCUT2D eigenvalue weighted by atomic mass is 32.2. The third kappa shape index (κ3) is 4.60. The van der Waals surface area contributed by atoms with Gasteiger partial charge in [-0.05, 0) is 24.3 Å². The summed E-state index contributed by atoms with van der Waals surface area (Å²) in [5.74, 6) is 1.93. The quantitative estimate of drug-likeness (QED) is 0.300. The molecule has 1 unspecified atom stereocenters. The smallest absolute Gasteiger partial charge is 0.257 e. The molecule has 1 atom stereocenters. The summed E-state index contributed by atoms with van der Waals surface area (Å²) in [6.07, 6.45) is 4.47. The number of carbonyl (C=O) groups excluding carboxylic acids is 1. The number of ether oxygens (including phenoxy) is 2. The standard InChI is InChI=1S/C26H33N3O4S/c1-6-7-8-12-34-25-28-23-21(24(31)29-25)19(15-10-9-11-18(32-4)22(15)33-5)20-16(27-23)13-26(2,3)14-17(20)30/h9-11,19H,6-8,12-14H2,1-5H3,(H2,27,28,29,31). The van der Waals surface area contributed by atoms with E-state index in [1.54, 1.807) is 26.0 Å². The average Bonchev–Trinajstić information content (AvgIpc) is 2.79. The predicted molar refractivity (Wildman–Crippen MR) is 135 cm³/mol. The first kappa shape index (κ1) is 24.4. The second-order valence-electron chi connectivity index (χ2n) is 9.66. The maximum absolute atomic E-state index is 13.5. The lowest BCUT2D eigenvalue weighted by Crippen LogP contribution is -2.37. The number of allylic oxidation sites excluding steroid dienone is 2. The molecule has 0 saturated heterocycles. The molecule has 0 amide bonds. The Labute approximate surface area is 204 Å². The van der Waals surface area contributed by atoms with Gasteiger partial charge in [-0.25, -0.2) is 4.98 Å². The molecule has 0 fully saturated rings.